The first kappa shape index (κ1) is 19.5. The molecule has 1 aliphatic heterocycles. The number of nitrogens with zero attached hydrogens (tertiary/aromatic N) is 3. The third kappa shape index (κ3) is 3.28. The summed E-state index contributed by atoms with van der Waals surface area (Å²) < 4.78 is 1.86. The lowest BCUT2D eigenvalue weighted by Crippen LogP contribution is -2.38. The van der Waals surface area contributed by atoms with E-state index in [1.807, 2.05) is 35.9 Å². The van der Waals surface area contributed by atoms with Crippen molar-refractivity contribution in [3.8, 4) is 5.69 Å². The molecule has 2 aliphatic rings. The van der Waals surface area contributed by atoms with Crippen molar-refractivity contribution < 1.29 is 14.7 Å². The predicted molar refractivity (Wildman–Crippen MR) is 110 cm³/mol. The predicted octanol–water partition coefficient (Wildman–Crippen LogP) is 4.02. The number of aryl methyl sites for hydroxylation is 1. The highest BCUT2D eigenvalue weighted by Gasteiger charge is 2.55. The molecule has 2 N–H and O–H groups in total. The molecular formula is C22H28N4O3. The highest BCUT2D eigenvalue weighted by Crippen LogP contribution is 2.49. The third-order valence-corrected chi connectivity index (χ3v) is 6.46. The number of rotatable bonds is 4. The first-order chi connectivity index (χ1) is 13.8. The van der Waals surface area contributed by atoms with Gasteiger partial charge in [0.25, 0.3) is 0 Å². The maximum atomic E-state index is 13.0. The zero-order valence-electron chi connectivity index (χ0n) is 17.2. The molecule has 1 saturated heterocycles. The van der Waals surface area contributed by atoms with Crippen molar-refractivity contribution in [3.05, 3.63) is 41.7 Å². The van der Waals surface area contributed by atoms with Crippen LogP contribution in [-0.2, 0) is 4.79 Å². The van der Waals surface area contributed by atoms with Crippen molar-refractivity contribution in [1.29, 1.82) is 0 Å². The lowest BCUT2D eigenvalue weighted by molar-refractivity contribution is -0.149. The van der Waals surface area contributed by atoms with Gasteiger partial charge < -0.3 is 15.3 Å². The summed E-state index contributed by atoms with van der Waals surface area (Å²) in [6, 6.07) is 7.85. The summed E-state index contributed by atoms with van der Waals surface area (Å²) in [4.78, 5) is 26.5. The van der Waals surface area contributed by atoms with E-state index < -0.39 is 11.4 Å². The van der Waals surface area contributed by atoms with Crippen LogP contribution in [0.3, 0.4) is 0 Å². The minimum Gasteiger partial charge on any atom is -0.481 e. The number of carboxylic acid groups (broad SMARTS) is 1. The smallest absolute Gasteiger partial charge is 0.321 e. The lowest BCUT2D eigenvalue weighted by Gasteiger charge is -2.23. The molecule has 154 valence electrons. The van der Waals surface area contributed by atoms with Gasteiger partial charge in [0.15, 0.2) is 0 Å². The molecule has 4 rings (SSSR count). The zero-order chi connectivity index (χ0) is 20.8. The zero-order valence-corrected chi connectivity index (χ0v) is 17.2. The number of hydrogen-bond donors (Lipinski definition) is 2. The Morgan fingerprint density at radius 3 is 2.62 bits per heavy atom. The second-order valence-electron chi connectivity index (χ2n) is 8.71. The number of carboxylic acids is 1. The Kier molecular flexibility index (Phi) is 4.84. The molecule has 1 aromatic carbocycles. The van der Waals surface area contributed by atoms with Gasteiger partial charge in [-0.15, -0.1) is 0 Å². The van der Waals surface area contributed by atoms with E-state index in [4.69, 9.17) is 0 Å². The molecule has 2 atom stereocenters. The number of carbonyl (C=O) groups excluding carboxylic acids is 1. The van der Waals surface area contributed by atoms with E-state index in [1.165, 1.54) is 5.56 Å². The number of likely N-dealkylation sites (tertiary alicyclic amines) is 1. The number of anilines is 1. The van der Waals surface area contributed by atoms with E-state index in [0.29, 0.717) is 18.7 Å². The first-order valence-corrected chi connectivity index (χ1v) is 10.3. The van der Waals surface area contributed by atoms with Crippen LogP contribution in [0.5, 0.6) is 0 Å². The van der Waals surface area contributed by atoms with E-state index >= 15 is 0 Å². The van der Waals surface area contributed by atoms with Crippen LogP contribution < -0.4 is 5.32 Å². The maximum Gasteiger partial charge on any atom is 0.321 e. The second kappa shape index (κ2) is 7.21. The SMILES string of the molecule is Cc1ccc(-n2ncc(NC(=O)N3C[C@@H]4CCC[C@@]4(C(=O)O)C3)c2C(C)C)cc1. The van der Waals surface area contributed by atoms with Crippen molar-refractivity contribution >= 4 is 17.7 Å². The average molecular weight is 396 g/mol. The first-order valence-electron chi connectivity index (χ1n) is 10.3. The molecule has 0 unspecified atom stereocenters. The normalized spacial score (nSPS) is 23.4. The van der Waals surface area contributed by atoms with E-state index in [0.717, 1.165) is 24.2 Å². The fourth-order valence-corrected chi connectivity index (χ4v) is 4.89. The highest BCUT2D eigenvalue weighted by atomic mass is 16.4. The average Bonchev–Trinajstić information content (AvgIpc) is 3.34. The summed E-state index contributed by atoms with van der Waals surface area (Å²) in [6.07, 6.45) is 4.13. The van der Waals surface area contributed by atoms with Crippen molar-refractivity contribution in [2.24, 2.45) is 11.3 Å². The molecule has 0 radical (unpaired) electrons. The number of carbonyl (C=O) groups is 2. The quantitative estimate of drug-likeness (QED) is 0.817. The van der Waals surface area contributed by atoms with Crippen LogP contribution in [0.1, 0.15) is 50.3 Å². The molecule has 7 nitrogen and oxygen atoms in total. The molecule has 0 spiro atoms. The summed E-state index contributed by atoms with van der Waals surface area (Å²) in [6.45, 7) is 6.95. The van der Waals surface area contributed by atoms with E-state index in [-0.39, 0.29) is 24.4 Å². The van der Waals surface area contributed by atoms with Gasteiger partial charge in [-0.05, 0) is 43.7 Å². The topological polar surface area (TPSA) is 87.5 Å². The van der Waals surface area contributed by atoms with Gasteiger partial charge in [-0.25, -0.2) is 9.48 Å². The van der Waals surface area contributed by atoms with Crippen molar-refractivity contribution in [2.45, 2.75) is 46.0 Å². The molecule has 2 amide bonds. The minimum absolute atomic E-state index is 0.0469. The van der Waals surface area contributed by atoms with Gasteiger partial charge in [0, 0.05) is 13.1 Å². The number of benzene rings is 1. The van der Waals surface area contributed by atoms with Gasteiger partial charge >= 0.3 is 12.0 Å². The third-order valence-electron chi connectivity index (χ3n) is 6.46. The maximum absolute atomic E-state index is 13.0. The van der Waals surface area contributed by atoms with Crippen molar-refractivity contribution in [1.82, 2.24) is 14.7 Å². The van der Waals surface area contributed by atoms with Crippen LogP contribution in [0.4, 0.5) is 10.5 Å². The summed E-state index contributed by atoms with van der Waals surface area (Å²) >= 11 is 0. The molecule has 1 saturated carbocycles. The molecular weight excluding hydrogens is 368 g/mol. The lowest BCUT2D eigenvalue weighted by atomic mass is 9.81. The van der Waals surface area contributed by atoms with Gasteiger partial charge in [0.1, 0.15) is 0 Å². The second-order valence-corrected chi connectivity index (χ2v) is 8.71. The molecule has 1 aromatic heterocycles. The largest absolute Gasteiger partial charge is 0.481 e. The van der Waals surface area contributed by atoms with Gasteiger partial charge in [-0.3, -0.25) is 4.79 Å². The number of urea groups is 1. The summed E-state index contributed by atoms with van der Waals surface area (Å²) in [5, 5.41) is 17.3. The van der Waals surface area contributed by atoms with Crippen LogP contribution in [0.2, 0.25) is 0 Å². The number of fused-ring (bicyclic) bond motifs is 1. The van der Waals surface area contributed by atoms with Crippen LogP contribution in [0.25, 0.3) is 5.69 Å². The van der Waals surface area contributed by atoms with E-state index in [1.54, 1.807) is 11.1 Å². The number of aliphatic carboxylic acids is 1. The number of amides is 2. The Bertz CT molecular complexity index is 934. The van der Waals surface area contributed by atoms with Crippen LogP contribution in [-0.4, -0.2) is 44.9 Å². The Morgan fingerprint density at radius 1 is 1.28 bits per heavy atom. The van der Waals surface area contributed by atoms with Crippen molar-refractivity contribution in [2.75, 3.05) is 18.4 Å². The van der Waals surface area contributed by atoms with Gasteiger partial charge in [0.05, 0.1) is 28.7 Å². The number of nitrogens with one attached hydrogen (secondary N) is 1. The monoisotopic (exact) mass is 396 g/mol. The highest BCUT2D eigenvalue weighted by molar-refractivity contribution is 5.91. The van der Waals surface area contributed by atoms with Gasteiger partial charge in [-0.2, -0.15) is 5.10 Å². The van der Waals surface area contributed by atoms with Gasteiger partial charge in [-0.1, -0.05) is 38.0 Å². The Hall–Kier alpha value is -2.83. The Balaban J connectivity index is 1.56. The van der Waals surface area contributed by atoms with Crippen molar-refractivity contribution in [3.63, 3.8) is 0 Å². The Morgan fingerprint density at radius 2 is 2.00 bits per heavy atom. The molecule has 2 fully saturated rings. The molecule has 7 heteroatoms. The molecule has 1 aliphatic carbocycles. The summed E-state index contributed by atoms with van der Waals surface area (Å²) in [5.41, 5.74) is 2.94. The van der Waals surface area contributed by atoms with E-state index in [2.05, 4.69) is 24.3 Å². The van der Waals surface area contributed by atoms with Crippen LogP contribution >= 0.6 is 0 Å². The fraction of sp³-hybridized carbons (Fsp3) is 0.500. The number of hydrogen-bond acceptors (Lipinski definition) is 3. The summed E-state index contributed by atoms with van der Waals surface area (Å²) in [7, 11) is 0. The Labute approximate surface area is 170 Å². The van der Waals surface area contributed by atoms with Crippen LogP contribution in [0, 0.1) is 18.3 Å². The molecule has 2 heterocycles. The van der Waals surface area contributed by atoms with E-state index in [9.17, 15) is 14.7 Å². The van der Waals surface area contributed by atoms with Gasteiger partial charge in [0.2, 0.25) is 0 Å². The van der Waals surface area contributed by atoms with Crippen LogP contribution in [0.15, 0.2) is 30.5 Å². The minimum atomic E-state index is -0.774. The summed E-state index contributed by atoms with van der Waals surface area (Å²) in [5.74, 6) is -0.576. The molecule has 29 heavy (non-hydrogen) atoms. The standard InChI is InChI=1S/C22H28N4O3/c1-14(2)19-18(11-23-26(19)17-8-6-15(3)7-9-17)24-21(29)25-12-16-5-4-10-22(16,13-25)20(27)28/h6-9,11,14,16H,4-5,10,12-13H2,1-3H3,(H,24,29)(H,27,28)/t16-,22+/m0/s1. The number of aromatic nitrogens is 2. The molecule has 0 bridgehead atoms. The fourth-order valence-electron chi connectivity index (χ4n) is 4.89. The molecule has 2 aromatic rings.